The van der Waals surface area contributed by atoms with E-state index >= 15 is 0 Å². The van der Waals surface area contributed by atoms with Gasteiger partial charge in [-0.05, 0) is 43.4 Å². The summed E-state index contributed by atoms with van der Waals surface area (Å²) in [5.74, 6) is 6.25. The lowest BCUT2D eigenvalue weighted by atomic mass is 10.0. The summed E-state index contributed by atoms with van der Waals surface area (Å²) in [6.07, 6.45) is 1.84. The molecule has 4 nitrogen and oxygen atoms in total. The summed E-state index contributed by atoms with van der Waals surface area (Å²) in [6.45, 7) is 5.45. The summed E-state index contributed by atoms with van der Waals surface area (Å²) in [5.41, 5.74) is 6.81. The highest BCUT2D eigenvalue weighted by molar-refractivity contribution is 7.89. The van der Waals surface area contributed by atoms with Crippen molar-refractivity contribution in [3.05, 3.63) is 29.3 Å². The molecule has 1 aliphatic heterocycles. The highest BCUT2D eigenvalue weighted by Gasteiger charge is 2.29. The molecule has 2 N–H and O–H groups in total. The van der Waals surface area contributed by atoms with E-state index < -0.39 is 10.0 Å². The van der Waals surface area contributed by atoms with Gasteiger partial charge in [-0.2, -0.15) is 4.31 Å². The van der Waals surface area contributed by atoms with Crippen molar-refractivity contribution >= 4 is 10.0 Å². The van der Waals surface area contributed by atoms with Crippen LogP contribution >= 0.6 is 0 Å². The Kier molecular flexibility index (Phi) is 5.04. The molecule has 1 aromatic carbocycles. The second-order valence-electron chi connectivity index (χ2n) is 5.57. The number of hydrogen-bond donors (Lipinski definition) is 1. The maximum absolute atomic E-state index is 12.8. The molecule has 114 valence electrons. The van der Waals surface area contributed by atoms with Gasteiger partial charge in [-0.15, -0.1) is 0 Å². The van der Waals surface area contributed by atoms with Crippen LogP contribution in [0.4, 0.5) is 0 Å². The summed E-state index contributed by atoms with van der Waals surface area (Å²) in [4.78, 5) is 0.362. The summed E-state index contributed by atoms with van der Waals surface area (Å²) < 4.78 is 27.2. The fourth-order valence-corrected chi connectivity index (χ4v) is 4.19. The molecule has 0 saturated carbocycles. The number of hydrogen-bond acceptors (Lipinski definition) is 3. The Bertz CT molecular complexity index is 663. The number of aryl methyl sites for hydroxylation is 1. The molecule has 21 heavy (non-hydrogen) atoms. The Labute approximate surface area is 127 Å². The number of nitrogens with zero attached hydrogens (tertiary/aromatic N) is 1. The van der Waals surface area contributed by atoms with Gasteiger partial charge in [0.1, 0.15) is 0 Å². The lowest BCUT2D eigenvalue weighted by molar-refractivity contribution is 0.288. The van der Waals surface area contributed by atoms with E-state index in [4.69, 9.17) is 5.73 Å². The predicted octanol–water partition coefficient (Wildman–Crippen LogP) is 1.73. The van der Waals surface area contributed by atoms with Crippen LogP contribution in [-0.4, -0.2) is 32.4 Å². The molecule has 0 atom stereocenters. The first-order valence-electron chi connectivity index (χ1n) is 7.25. The number of benzene rings is 1. The molecule has 1 saturated heterocycles. The zero-order chi connectivity index (χ0) is 15.5. The van der Waals surface area contributed by atoms with Crippen LogP contribution in [-0.2, 0) is 10.0 Å². The summed E-state index contributed by atoms with van der Waals surface area (Å²) in [6, 6.07) is 5.29. The standard InChI is InChI=1S/C16H22N2O2S/c1-13-7-10-18(11-8-13)21(19,20)16-12-15(4-3-9-17)6-5-14(16)2/h5-6,12-13H,7-11,17H2,1-2H3. The molecule has 0 bridgehead atoms. The van der Waals surface area contributed by atoms with E-state index in [2.05, 4.69) is 18.8 Å². The monoisotopic (exact) mass is 306 g/mol. The van der Waals surface area contributed by atoms with Crippen molar-refractivity contribution in [2.24, 2.45) is 11.7 Å². The predicted molar refractivity (Wildman–Crippen MR) is 84.3 cm³/mol. The number of sulfonamides is 1. The van der Waals surface area contributed by atoms with E-state index in [1.54, 1.807) is 16.4 Å². The van der Waals surface area contributed by atoms with Gasteiger partial charge in [0.05, 0.1) is 11.4 Å². The minimum absolute atomic E-state index is 0.264. The molecule has 5 heteroatoms. The zero-order valence-corrected chi connectivity index (χ0v) is 13.4. The van der Waals surface area contributed by atoms with E-state index in [1.807, 2.05) is 13.0 Å². The molecule has 1 fully saturated rings. The van der Waals surface area contributed by atoms with Crippen LogP contribution in [0.15, 0.2) is 23.1 Å². The molecule has 0 spiro atoms. The molecule has 0 unspecified atom stereocenters. The molecule has 1 heterocycles. The second kappa shape index (κ2) is 6.61. The second-order valence-corrected chi connectivity index (χ2v) is 7.48. The van der Waals surface area contributed by atoms with Gasteiger partial charge < -0.3 is 5.73 Å². The van der Waals surface area contributed by atoms with Crippen molar-refractivity contribution in [2.45, 2.75) is 31.6 Å². The molecule has 2 rings (SSSR count). The first kappa shape index (κ1) is 16.0. The summed E-state index contributed by atoms with van der Waals surface area (Å²) in [5, 5.41) is 0. The average Bonchev–Trinajstić information content (AvgIpc) is 2.46. The van der Waals surface area contributed by atoms with Crippen LogP contribution in [0.1, 0.15) is 30.9 Å². The van der Waals surface area contributed by atoms with Gasteiger partial charge in [-0.1, -0.05) is 24.8 Å². The molecule has 0 radical (unpaired) electrons. The topological polar surface area (TPSA) is 63.4 Å². The zero-order valence-electron chi connectivity index (χ0n) is 12.6. The number of rotatable bonds is 2. The van der Waals surface area contributed by atoms with E-state index in [1.165, 1.54) is 0 Å². The first-order chi connectivity index (χ1) is 9.95. The van der Waals surface area contributed by atoms with Crippen molar-refractivity contribution in [2.75, 3.05) is 19.6 Å². The lowest BCUT2D eigenvalue weighted by Crippen LogP contribution is -2.38. The molecule has 0 aromatic heterocycles. The van der Waals surface area contributed by atoms with Crippen LogP contribution in [0, 0.1) is 24.7 Å². The Morgan fingerprint density at radius 2 is 2.00 bits per heavy atom. The van der Waals surface area contributed by atoms with Gasteiger partial charge in [-0.3, -0.25) is 0 Å². The van der Waals surface area contributed by atoms with Gasteiger partial charge >= 0.3 is 0 Å². The van der Waals surface area contributed by atoms with E-state index in [9.17, 15) is 8.42 Å². The maximum atomic E-state index is 12.8. The Morgan fingerprint density at radius 1 is 1.33 bits per heavy atom. The third-order valence-electron chi connectivity index (χ3n) is 3.88. The van der Waals surface area contributed by atoms with E-state index in [0.717, 1.165) is 18.4 Å². The quantitative estimate of drug-likeness (QED) is 0.846. The largest absolute Gasteiger partial charge is 0.320 e. The van der Waals surface area contributed by atoms with Crippen LogP contribution < -0.4 is 5.73 Å². The van der Waals surface area contributed by atoms with Gasteiger partial charge in [0, 0.05) is 18.7 Å². The van der Waals surface area contributed by atoms with Crippen molar-refractivity contribution in [1.82, 2.24) is 4.31 Å². The van der Waals surface area contributed by atoms with Gasteiger partial charge in [0.15, 0.2) is 0 Å². The maximum Gasteiger partial charge on any atom is 0.243 e. The number of nitrogens with two attached hydrogens (primary N) is 1. The van der Waals surface area contributed by atoms with Crippen LogP contribution in [0.2, 0.25) is 0 Å². The average molecular weight is 306 g/mol. The minimum atomic E-state index is -3.43. The highest BCUT2D eigenvalue weighted by atomic mass is 32.2. The van der Waals surface area contributed by atoms with Crippen molar-refractivity contribution in [3.8, 4) is 11.8 Å². The third-order valence-corrected chi connectivity index (χ3v) is 5.92. The lowest BCUT2D eigenvalue weighted by Gasteiger charge is -2.29. The summed E-state index contributed by atoms with van der Waals surface area (Å²) >= 11 is 0. The third kappa shape index (κ3) is 3.65. The first-order valence-corrected chi connectivity index (χ1v) is 8.69. The highest BCUT2D eigenvalue weighted by Crippen LogP contribution is 2.26. The van der Waals surface area contributed by atoms with Crippen molar-refractivity contribution in [1.29, 1.82) is 0 Å². The minimum Gasteiger partial charge on any atom is -0.320 e. The van der Waals surface area contributed by atoms with Gasteiger partial charge in [-0.25, -0.2) is 8.42 Å². The molecule has 0 amide bonds. The molecule has 1 aromatic rings. The normalized spacial score (nSPS) is 17.3. The molecular weight excluding hydrogens is 284 g/mol. The Balaban J connectivity index is 2.35. The van der Waals surface area contributed by atoms with Crippen LogP contribution in [0.5, 0.6) is 0 Å². The van der Waals surface area contributed by atoms with Crippen LogP contribution in [0.3, 0.4) is 0 Å². The SMILES string of the molecule is Cc1ccc(C#CCN)cc1S(=O)(=O)N1CCC(C)CC1. The number of piperidine rings is 1. The van der Waals surface area contributed by atoms with Gasteiger partial charge in [0.2, 0.25) is 10.0 Å². The summed E-state index contributed by atoms with van der Waals surface area (Å²) in [7, 11) is -3.43. The van der Waals surface area contributed by atoms with E-state index in [-0.39, 0.29) is 6.54 Å². The van der Waals surface area contributed by atoms with Crippen molar-refractivity contribution < 1.29 is 8.42 Å². The van der Waals surface area contributed by atoms with Crippen LogP contribution in [0.25, 0.3) is 0 Å². The molecule has 0 aliphatic carbocycles. The Hall–Kier alpha value is -1.35. The molecule has 1 aliphatic rings. The van der Waals surface area contributed by atoms with Gasteiger partial charge in [0.25, 0.3) is 0 Å². The van der Waals surface area contributed by atoms with E-state index in [0.29, 0.717) is 29.5 Å². The fraction of sp³-hybridized carbons (Fsp3) is 0.500. The van der Waals surface area contributed by atoms with Crippen molar-refractivity contribution in [3.63, 3.8) is 0 Å². The molecular formula is C16H22N2O2S. The fourth-order valence-electron chi connectivity index (χ4n) is 2.47. The smallest absolute Gasteiger partial charge is 0.243 e. The Morgan fingerprint density at radius 3 is 2.62 bits per heavy atom.